The van der Waals surface area contributed by atoms with Gasteiger partial charge in [-0.25, -0.2) is 9.59 Å². The third-order valence-electron chi connectivity index (χ3n) is 2.80. The second kappa shape index (κ2) is 6.93. The van der Waals surface area contributed by atoms with E-state index >= 15 is 0 Å². The fraction of sp³-hybridized carbons (Fsp3) is 0.667. The van der Waals surface area contributed by atoms with Crippen molar-refractivity contribution in [3.8, 4) is 0 Å². The first-order chi connectivity index (χ1) is 8.19. The standard InChI is InChI=1S/C12H19NO4/c1-16-11(14)9-10(12(15)17-2)13-7-5-3-4-6-8-13/h9H,3-8H2,1-2H3. The Labute approximate surface area is 101 Å². The van der Waals surface area contributed by atoms with Gasteiger partial charge < -0.3 is 14.4 Å². The van der Waals surface area contributed by atoms with E-state index in [-0.39, 0.29) is 0 Å². The van der Waals surface area contributed by atoms with E-state index in [9.17, 15) is 9.59 Å². The van der Waals surface area contributed by atoms with Gasteiger partial charge in [0.15, 0.2) is 0 Å². The van der Waals surface area contributed by atoms with E-state index in [0.29, 0.717) is 5.70 Å². The first-order valence-electron chi connectivity index (χ1n) is 5.82. The van der Waals surface area contributed by atoms with Gasteiger partial charge in [0.05, 0.1) is 20.3 Å². The van der Waals surface area contributed by atoms with Gasteiger partial charge in [-0.15, -0.1) is 0 Å². The number of methoxy groups -OCH3 is 2. The molecule has 0 atom stereocenters. The molecule has 96 valence electrons. The van der Waals surface area contributed by atoms with E-state index in [1.165, 1.54) is 20.3 Å². The normalized spacial score (nSPS) is 17.3. The molecule has 17 heavy (non-hydrogen) atoms. The van der Waals surface area contributed by atoms with Crippen LogP contribution >= 0.6 is 0 Å². The van der Waals surface area contributed by atoms with Crippen molar-refractivity contribution >= 4 is 11.9 Å². The van der Waals surface area contributed by atoms with Crippen LogP contribution in [0.3, 0.4) is 0 Å². The molecule has 5 nitrogen and oxygen atoms in total. The Balaban J connectivity index is 2.84. The zero-order valence-electron chi connectivity index (χ0n) is 10.4. The number of ether oxygens (including phenoxy) is 2. The van der Waals surface area contributed by atoms with Crippen molar-refractivity contribution < 1.29 is 19.1 Å². The van der Waals surface area contributed by atoms with Gasteiger partial charge in [0.1, 0.15) is 5.70 Å². The zero-order chi connectivity index (χ0) is 12.7. The Morgan fingerprint density at radius 1 is 1.00 bits per heavy atom. The van der Waals surface area contributed by atoms with Gasteiger partial charge in [-0.05, 0) is 12.8 Å². The van der Waals surface area contributed by atoms with Crippen LogP contribution in [0.2, 0.25) is 0 Å². The molecule has 0 unspecified atom stereocenters. The molecule has 0 radical (unpaired) electrons. The lowest BCUT2D eigenvalue weighted by Crippen LogP contribution is -2.30. The Bertz CT molecular complexity index is 304. The Morgan fingerprint density at radius 3 is 2.06 bits per heavy atom. The van der Waals surface area contributed by atoms with Crippen LogP contribution in [0.15, 0.2) is 11.8 Å². The van der Waals surface area contributed by atoms with Crippen LogP contribution in [0.5, 0.6) is 0 Å². The van der Waals surface area contributed by atoms with E-state index in [1.54, 1.807) is 0 Å². The maximum atomic E-state index is 11.6. The van der Waals surface area contributed by atoms with Crippen molar-refractivity contribution in [3.05, 3.63) is 11.8 Å². The molecule has 1 heterocycles. The highest BCUT2D eigenvalue weighted by molar-refractivity contribution is 5.95. The molecule has 0 amide bonds. The molecule has 1 aliphatic heterocycles. The Morgan fingerprint density at radius 2 is 1.59 bits per heavy atom. The predicted octanol–water partition coefficient (Wildman–Crippen LogP) is 1.09. The molecule has 0 saturated carbocycles. The van der Waals surface area contributed by atoms with E-state index in [4.69, 9.17) is 4.74 Å². The molecule has 1 rings (SSSR count). The smallest absolute Gasteiger partial charge is 0.354 e. The largest absolute Gasteiger partial charge is 0.466 e. The average molecular weight is 241 g/mol. The van der Waals surface area contributed by atoms with Crippen molar-refractivity contribution in [1.29, 1.82) is 0 Å². The summed E-state index contributed by atoms with van der Waals surface area (Å²) in [7, 11) is 2.60. The van der Waals surface area contributed by atoms with Crippen molar-refractivity contribution in [1.82, 2.24) is 4.90 Å². The van der Waals surface area contributed by atoms with Gasteiger partial charge in [-0.3, -0.25) is 0 Å². The molecule has 0 aromatic heterocycles. The number of carbonyl (C=O) groups is 2. The van der Waals surface area contributed by atoms with Crippen molar-refractivity contribution in [2.24, 2.45) is 0 Å². The molecule has 0 aromatic carbocycles. The van der Waals surface area contributed by atoms with E-state index in [0.717, 1.165) is 38.8 Å². The fourth-order valence-corrected chi connectivity index (χ4v) is 1.87. The molecule has 1 saturated heterocycles. The van der Waals surface area contributed by atoms with E-state index < -0.39 is 11.9 Å². The topological polar surface area (TPSA) is 55.8 Å². The number of hydrogen-bond donors (Lipinski definition) is 0. The molecule has 0 spiro atoms. The lowest BCUT2D eigenvalue weighted by Gasteiger charge is -2.23. The molecule has 5 heteroatoms. The molecule has 1 fully saturated rings. The maximum Gasteiger partial charge on any atom is 0.354 e. The van der Waals surface area contributed by atoms with Gasteiger partial charge >= 0.3 is 11.9 Å². The van der Waals surface area contributed by atoms with Crippen LogP contribution in [0.4, 0.5) is 0 Å². The number of rotatable bonds is 3. The fourth-order valence-electron chi connectivity index (χ4n) is 1.87. The molecule has 0 N–H and O–H groups in total. The second-order valence-electron chi connectivity index (χ2n) is 3.95. The molecule has 1 aliphatic rings. The molecule has 0 aliphatic carbocycles. The van der Waals surface area contributed by atoms with Gasteiger partial charge in [-0.2, -0.15) is 0 Å². The Hall–Kier alpha value is -1.52. The predicted molar refractivity (Wildman–Crippen MR) is 62.2 cm³/mol. The lowest BCUT2D eigenvalue weighted by molar-refractivity contribution is -0.140. The van der Waals surface area contributed by atoms with Crippen LogP contribution in [0.1, 0.15) is 25.7 Å². The summed E-state index contributed by atoms with van der Waals surface area (Å²) in [4.78, 5) is 24.8. The van der Waals surface area contributed by atoms with E-state index in [2.05, 4.69) is 4.74 Å². The van der Waals surface area contributed by atoms with E-state index in [1.807, 2.05) is 4.90 Å². The number of carbonyl (C=O) groups excluding carboxylic acids is 2. The summed E-state index contributed by atoms with van der Waals surface area (Å²) < 4.78 is 9.24. The van der Waals surface area contributed by atoms with Crippen molar-refractivity contribution in [2.45, 2.75) is 25.7 Å². The van der Waals surface area contributed by atoms with Crippen LogP contribution in [-0.4, -0.2) is 44.1 Å². The second-order valence-corrected chi connectivity index (χ2v) is 3.95. The Kier molecular flexibility index (Phi) is 5.52. The zero-order valence-corrected chi connectivity index (χ0v) is 10.4. The van der Waals surface area contributed by atoms with Crippen LogP contribution < -0.4 is 0 Å². The quantitative estimate of drug-likeness (QED) is 0.547. The monoisotopic (exact) mass is 241 g/mol. The van der Waals surface area contributed by atoms with Gasteiger partial charge in [0.2, 0.25) is 0 Å². The highest BCUT2D eigenvalue weighted by Gasteiger charge is 2.20. The summed E-state index contributed by atoms with van der Waals surface area (Å²) >= 11 is 0. The summed E-state index contributed by atoms with van der Waals surface area (Å²) in [5, 5.41) is 0. The number of likely N-dealkylation sites (tertiary alicyclic amines) is 1. The highest BCUT2D eigenvalue weighted by atomic mass is 16.5. The summed E-state index contributed by atoms with van der Waals surface area (Å²) in [5.41, 5.74) is 0.293. The van der Waals surface area contributed by atoms with Crippen molar-refractivity contribution in [3.63, 3.8) is 0 Å². The third-order valence-corrected chi connectivity index (χ3v) is 2.80. The molecular formula is C12H19NO4. The minimum absolute atomic E-state index is 0.293. The van der Waals surface area contributed by atoms with Gasteiger partial charge in [0.25, 0.3) is 0 Å². The van der Waals surface area contributed by atoms with Crippen LogP contribution in [0.25, 0.3) is 0 Å². The van der Waals surface area contributed by atoms with Gasteiger partial charge in [0, 0.05) is 13.1 Å². The van der Waals surface area contributed by atoms with Gasteiger partial charge in [-0.1, -0.05) is 12.8 Å². The number of hydrogen-bond acceptors (Lipinski definition) is 5. The highest BCUT2D eigenvalue weighted by Crippen LogP contribution is 2.15. The summed E-state index contributed by atoms with van der Waals surface area (Å²) in [6.07, 6.45) is 5.56. The molecular weight excluding hydrogens is 222 g/mol. The third kappa shape index (κ3) is 4.09. The van der Waals surface area contributed by atoms with Crippen LogP contribution in [-0.2, 0) is 19.1 Å². The van der Waals surface area contributed by atoms with Crippen LogP contribution in [0, 0.1) is 0 Å². The molecule has 0 bridgehead atoms. The SMILES string of the molecule is COC(=O)C=C(C(=O)OC)N1CCCCCC1. The first-order valence-corrected chi connectivity index (χ1v) is 5.82. The number of nitrogens with zero attached hydrogens (tertiary/aromatic N) is 1. The maximum absolute atomic E-state index is 11.6. The minimum Gasteiger partial charge on any atom is -0.466 e. The first kappa shape index (κ1) is 13.5. The summed E-state index contributed by atoms with van der Waals surface area (Å²) in [5.74, 6) is -1.02. The molecule has 0 aromatic rings. The summed E-state index contributed by atoms with van der Waals surface area (Å²) in [6, 6.07) is 0. The number of esters is 2. The van der Waals surface area contributed by atoms with Crippen molar-refractivity contribution in [2.75, 3.05) is 27.3 Å². The lowest BCUT2D eigenvalue weighted by atomic mass is 10.2. The average Bonchev–Trinajstić information content (AvgIpc) is 2.63. The summed E-state index contributed by atoms with van der Waals surface area (Å²) in [6.45, 7) is 1.55. The minimum atomic E-state index is -0.533.